The number of rotatable bonds is 3. The average Bonchev–Trinajstić information content (AvgIpc) is 2.78. The highest BCUT2D eigenvalue weighted by Crippen LogP contribution is 2.33. The summed E-state index contributed by atoms with van der Waals surface area (Å²) < 4.78 is 30.1. The lowest BCUT2D eigenvalue weighted by atomic mass is 10.1. The number of nitrogens with two attached hydrogens (primary N) is 1. The molecule has 2 rings (SSSR count). The second-order valence-corrected chi connectivity index (χ2v) is 5.56. The van der Waals surface area contributed by atoms with Gasteiger partial charge in [0.25, 0.3) is 5.97 Å². The van der Waals surface area contributed by atoms with Crippen molar-refractivity contribution in [1.29, 1.82) is 0 Å². The first kappa shape index (κ1) is 22.0. The second-order valence-electron chi connectivity index (χ2n) is 5.56. The number of hydrogen-bond acceptors (Lipinski definition) is 9. The Hall–Kier alpha value is -3.02. The van der Waals surface area contributed by atoms with Gasteiger partial charge in [-0.05, 0) is 6.92 Å². The van der Waals surface area contributed by atoms with Crippen LogP contribution in [-0.2, 0) is 28.6 Å². The van der Waals surface area contributed by atoms with Gasteiger partial charge in [0.05, 0.1) is 12.3 Å². The number of carboxylic acids is 1. The third-order valence-electron chi connectivity index (χ3n) is 3.23. The summed E-state index contributed by atoms with van der Waals surface area (Å²) in [5.74, 6) is -3.61. The van der Waals surface area contributed by atoms with Crippen LogP contribution >= 0.6 is 0 Å². The van der Waals surface area contributed by atoms with Gasteiger partial charge in [-0.3, -0.25) is 19.0 Å². The minimum atomic E-state index is -1.20. The van der Waals surface area contributed by atoms with Gasteiger partial charge in [0, 0.05) is 20.8 Å². The van der Waals surface area contributed by atoms with Crippen LogP contribution in [0.15, 0.2) is 11.0 Å². The molecule has 1 fully saturated rings. The first-order valence-corrected chi connectivity index (χ1v) is 7.67. The molecule has 0 radical (unpaired) electrons. The predicted molar refractivity (Wildman–Crippen MR) is 86.9 cm³/mol. The number of esters is 2. The monoisotopic (exact) mass is 389 g/mol. The van der Waals surface area contributed by atoms with Gasteiger partial charge in [0.1, 0.15) is 0 Å². The normalized spacial score (nSPS) is 23.7. The van der Waals surface area contributed by atoms with Crippen molar-refractivity contribution in [3.8, 4) is 0 Å². The molecule has 1 aromatic heterocycles. The Morgan fingerprint density at radius 2 is 1.70 bits per heavy atom. The van der Waals surface area contributed by atoms with Crippen LogP contribution in [0.5, 0.6) is 0 Å². The fourth-order valence-corrected chi connectivity index (χ4v) is 2.34. The van der Waals surface area contributed by atoms with Gasteiger partial charge in [0.15, 0.2) is 30.1 Å². The van der Waals surface area contributed by atoms with Crippen molar-refractivity contribution in [1.82, 2.24) is 9.55 Å². The number of hydrogen-bond donors (Lipinski definition) is 2. The van der Waals surface area contributed by atoms with Gasteiger partial charge in [-0.15, -0.1) is 0 Å². The van der Waals surface area contributed by atoms with E-state index in [4.69, 9.17) is 29.8 Å². The molecule has 4 atom stereocenters. The summed E-state index contributed by atoms with van der Waals surface area (Å²) >= 11 is 0. The van der Waals surface area contributed by atoms with Crippen LogP contribution in [0.1, 0.15) is 33.9 Å². The molecule has 0 aliphatic carbocycles. The smallest absolute Gasteiger partial charge is 0.351 e. The fraction of sp³-hybridized carbons (Fsp3) is 0.533. The number of nitrogen functional groups attached to an aromatic ring is 1. The van der Waals surface area contributed by atoms with Gasteiger partial charge < -0.3 is 25.1 Å². The van der Waals surface area contributed by atoms with Gasteiger partial charge in [0.2, 0.25) is 0 Å². The first-order chi connectivity index (χ1) is 12.4. The quantitative estimate of drug-likeness (QED) is 0.665. The number of nitrogens with zero attached hydrogens (tertiary/aromatic N) is 2. The predicted octanol–water partition coefficient (Wildman–Crippen LogP) is -0.164. The summed E-state index contributed by atoms with van der Waals surface area (Å²) in [6.07, 6.45) is -3.17. The van der Waals surface area contributed by atoms with Gasteiger partial charge in [-0.1, -0.05) is 0 Å². The molecule has 11 nitrogen and oxygen atoms in total. The van der Waals surface area contributed by atoms with Crippen molar-refractivity contribution >= 4 is 23.7 Å². The molecule has 0 spiro atoms. The van der Waals surface area contributed by atoms with E-state index in [0.717, 1.165) is 24.6 Å². The molecule has 3 N–H and O–H groups in total. The zero-order valence-corrected chi connectivity index (χ0v) is 15.0. The third-order valence-corrected chi connectivity index (χ3v) is 3.23. The summed E-state index contributed by atoms with van der Waals surface area (Å²) in [5.41, 5.74) is 4.34. The molecule has 0 aromatic carbocycles. The Kier molecular flexibility index (Phi) is 7.40. The molecule has 1 saturated heterocycles. The number of carbonyl (C=O) groups is 3. The third kappa shape index (κ3) is 6.02. The van der Waals surface area contributed by atoms with Gasteiger partial charge in [-0.25, -0.2) is 9.18 Å². The molecule has 1 aromatic rings. The number of ether oxygens (including phenoxy) is 3. The molecule has 0 bridgehead atoms. The molecular formula is C15H20FN3O8. The topological polar surface area (TPSA) is 160 Å². The van der Waals surface area contributed by atoms with Crippen molar-refractivity contribution in [3.05, 3.63) is 22.5 Å². The number of aromatic nitrogens is 2. The summed E-state index contributed by atoms with van der Waals surface area (Å²) in [6.45, 7) is 4.98. The highest BCUT2D eigenvalue weighted by Gasteiger charge is 2.48. The van der Waals surface area contributed by atoms with E-state index in [1.807, 2.05) is 0 Å². The average molecular weight is 389 g/mol. The van der Waals surface area contributed by atoms with E-state index in [-0.39, 0.29) is 0 Å². The zero-order valence-electron chi connectivity index (χ0n) is 15.0. The minimum absolute atomic E-state index is 0.558. The molecule has 150 valence electrons. The maximum absolute atomic E-state index is 13.6. The maximum atomic E-state index is 13.6. The number of carboxylic acid groups (broad SMARTS) is 1. The molecule has 12 heteroatoms. The largest absolute Gasteiger partial charge is 0.481 e. The molecule has 1 aliphatic heterocycles. The van der Waals surface area contributed by atoms with Crippen molar-refractivity contribution in [2.75, 3.05) is 5.73 Å². The van der Waals surface area contributed by atoms with E-state index in [1.165, 1.54) is 6.92 Å². The number of anilines is 1. The van der Waals surface area contributed by atoms with Gasteiger partial charge >= 0.3 is 17.6 Å². The SMILES string of the molecule is CC(=O)O.CC(=O)O[C@@H]1[C@H](OC(C)=O)[C@@H](C)O[C@H]1n1cc(F)c(N)nc1=O. The molecular weight excluding hydrogens is 369 g/mol. The molecule has 0 saturated carbocycles. The zero-order chi connectivity index (χ0) is 20.9. The Morgan fingerprint density at radius 1 is 1.22 bits per heavy atom. The van der Waals surface area contributed by atoms with Gasteiger partial charge in [-0.2, -0.15) is 4.98 Å². The molecule has 0 amide bonds. The van der Waals surface area contributed by atoms with Crippen LogP contribution in [0.3, 0.4) is 0 Å². The van der Waals surface area contributed by atoms with E-state index in [1.54, 1.807) is 6.92 Å². The highest BCUT2D eigenvalue weighted by molar-refractivity contribution is 5.67. The lowest BCUT2D eigenvalue weighted by Crippen LogP contribution is -2.40. The Balaban J connectivity index is 0.000000828. The van der Waals surface area contributed by atoms with E-state index in [2.05, 4.69) is 4.98 Å². The van der Waals surface area contributed by atoms with Crippen LogP contribution in [0, 0.1) is 5.82 Å². The Morgan fingerprint density at radius 3 is 2.19 bits per heavy atom. The standard InChI is InChI=1S/C13H16FN3O6.C2H4O2/c1-5-9(22-6(2)18)10(23-7(3)19)12(21-5)17-4-8(14)11(15)16-13(17)20;1-2(3)4/h4-5,9-10,12H,1-3H3,(H2,15,16,20);1H3,(H,3,4)/t5-,9-,10-,12-;/m1./s1. The van der Waals surface area contributed by atoms with E-state index >= 15 is 0 Å². The van der Waals surface area contributed by atoms with Crippen LogP contribution in [-0.4, -0.2) is 50.9 Å². The molecule has 0 unspecified atom stereocenters. The Labute approximate surface area is 152 Å². The number of carbonyl (C=O) groups excluding carboxylic acids is 2. The van der Waals surface area contributed by atoms with Crippen molar-refractivity contribution in [2.24, 2.45) is 0 Å². The van der Waals surface area contributed by atoms with Crippen molar-refractivity contribution in [2.45, 2.75) is 52.2 Å². The van der Waals surface area contributed by atoms with Crippen molar-refractivity contribution in [3.63, 3.8) is 0 Å². The van der Waals surface area contributed by atoms with Crippen LogP contribution in [0.2, 0.25) is 0 Å². The highest BCUT2D eigenvalue weighted by atomic mass is 19.1. The molecule has 2 heterocycles. The van der Waals surface area contributed by atoms with Crippen LogP contribution in [0.4, 0.5) is 10.2 Å². The minimum Gasteiger partial charge on any atom is -0.481 e. The van der Waals surface area contributed by atoms with E-state index in [0.29, 0.717) is 0 Å². The van der Waals surface area contributed by atoms with E-state index < -0.39 is 59.8 Å². The van der Waals surface area contributed by atoms with Crippen molar-refractivity contribution < 1.29 is 38.1 Å². The maximum Gasteiger partial charge on any atom is 0.351 e. The summed E-state index contributed by atoms with van der Waals surface area (Å²) in [7, 11) is 0. The first-order valence-electron chi connectivity index (χ1n) is 7.67. The number of halogens is 1. The van der Waals surface area contributed by atoms with Crippen LogP contribution < -0.4 is 11.4 Å². The lowest BCUT2D eigenvalue weighted by Gasteiger charge is -2.23. The summed E-state index contributed by atoms with van der Waals surface area (Å²) in [5, 5.41) is 7.42. The van der Waals surface area contributed by atoms with Crippen LogP contribution in [0.25, 0.3) is 0 Å². The Bertz CT molecular complexity index is 777. The lowest BCUT2D eigenvalue weighted by molar-refractivity contribution is -0.165. The van der Waals surface area contributed by atoms with E-state index in [9.17, 15) is 18.8 Å². The second kappa shape index (κ2) is 9.07. The fourth-order valence-electron chi connectivity index (χ4n) is 2.34. The summed E-state index contributed by atoms with van der Waals surface area (Å²) in [4.78, 5) is 46.8. The molecule has 27 heavy (non-hydrogen) atoms. The summed E-state index contributed by atoms with van der Waals surface area (Å²) in [6, 6.07) is 0. The molecule has 1 aliphatic rings. The number of aliphatic carboxylic acids is 1.